The molecule has 1 aliphatic rings. The molecule has 1 N–H and O–H groups in total. The van der Waals surface area contributed by atoms with Gasteiger partial charge >= 0.3 is 0 Å². The average molecular weight is 279 g/mol. The van der Waals surface area contributed by atoms with Crippen molar-refractivity contribution >= 4 is 5.78 Å². The van der Waals surface area contributed by atoms with Gasteiger partial charge in [0.25, 0.3) is 0 Å². The Bertz CT molecular complexity index is 675. The Hall–Kier alpha value is -1.93. The van der Waals surface area contributed by atoms with Crippen molar-refractivity contribution in [2.45, 2.75) is 32.7 Å². The molecule has 0 bridgehead atoms. The zero-order valence-electron chi connectivity index (χ0n) is 12.6. The Morgan fingerprint density at radius 3 is 2.86 bits per heavy atom. The number of Topliss-reactive ketones (excluding diaryl/α,β-unsaturated/α-hetero) is 1. The van der Waals surface area contributed by atoms with Gasteiger partial charge in [0.1, 0.15) is 5.78 Å². The minimum absolute atomic E-state index is 0.0186. The van der Waals surface area contributed by atoms with Crippen LogP contribution in [0.2, 0.25) is 0 Å². The van der Waals surface area contributed by atoms with E-state index in [1.165, 1.54) is 22.3 Å². The fourth-order valence-corrected chi connectivity index (χ4v) is 3.09. The topological polar surface area (TPSA) is 29.1 Å². The molecule has 2 heteroatoms. The SMILES string of the molecule is Cc1ccc(C)c(CC(=O)C2CNCc3ccccc32)c1. The number of ketones is 1. The second-order valence-corrected chi connectivity index (χ2v) is 5.96. The van der Waals surface area contributed by atoms with Crippen LogP contribution in [0.25, 0.3) is 0 Å². The second kappa shape index (κ2) is 5.82. The van der Waals surface area contributed by atoms with Crippen molar-refractivity contribution in [3.05, 3.63) is 70.3 Å². The monoisotopic (exact) mass is 279 g/mol. The van der Waals surface area contributed by atoms with Gasteiger partial charge in [0, 0.05) is 19.5 Å². The number of carbonyl (C=O) groups is 1. The van der Waals surface area contributed by atoms with Crippen LogP contribution in [0.15, 0.2) is 42.5 Å². The van der Waals surface area contributed by atoms with Crippen molar-refractivity contribution in [3.8, 4) is 0 Å². The van der Waals surface area contributed by atoms with Gasteiger partial charge in [-0.1, -0.05) is 48.0 Å². The van der Waals surface area contributed by atoms with Gasteiger partial charge in [0.2, 0.25) is 0 Å². The van der Waals surface area contributed by atoms with Gasteiger partial charge in [-0.3, -0.25) is 4.79 Å². The highest BCUT2D eigenvalue weighted by Crippen LogP contribution is 2.26. The average Bonchev–Trinajstić information content (AvgIpc) is 2.50. The quantitative estimate of drug-likeness (QED) is 0.934. The molecular weight excluding hydrogens is 258 g/mol. The lowest BCUT2D eigenvalue weighted by atomic mass is 9.85. The summed E-state index contributed by atoms with van der Waals surface area (Å²) in [6.07, 6.45) is 0.522. The van der Waals surface area contributed by atoms with Crippen molar-refractivity contribution in [2.75, 3.05) is 6.54 Å². The largest absolute Gasteiger partial charge is 0.312 e. The third-order valence-electron chi connectivity index (χ3n) is 4.35. The van der Waals surface area contributed by atoms with Gasteiger partial charge in [0.05, 0.1) is 5.92 Å². The van der Waals surface area contributed by atoms with Crippen molar-refractivity contribution in [1.82, 2.24) is 5.32 Å². The molecule has 3 rings (SSSR count). The first-order chi connectivity index (χ1) is 10.1. The summed E-state index contributed by atoms with van der Waals surface area (Å²) in [5.41, 5.74) is 6.02. The van der Waals surface area contributed by atoms with Gasteiger partial charge in [-0.25, -0.2) is 0 Å². The van der Waals surface area contributed by atoms with Crippen LogP contribution < -0.4 is 5.32 Å². The zero-order chi connectivity index (χ0) is 14.8. The molecule has 1 heterocycles. The van der Waals surface area contributed by atoms with Crippen LogP contribution in [0.4, 0.5) is 0 Å². The first-order valence-corrected chi connectivity index (χ1v) is 7.52. The number of hydrogen-bond acceptors (Lipinski definition) is 2. The molecular formula is C19H21NO. The highest BCUT2D eigenvalue weighted by Gasteiger charge is 2.26. The lowest BCUT2D eigenvalue weighted by Gasteiger charge is -2.25. The molecule has 108 valence electrons. The smallest absolute Gasteiger partial charge is 0.145 e. The minimum atomic E-state index is -0.0186. The van der Waals surface area contributed by atoms with Gasteiger partial charge in [-0.2, -0.15) is 0 Å². The van der Waals surface area contributed by atoms with Crippen LogP contribution >= 0.6 is 0 Å². The number of rotatable bonds is 3. The summed E-state index contributed by atoms with van der Waals surface area (Å²) in [5, 5.41) is 3.36. The van der Waals surface area contributed by atoms with E-state index in [0.717, 1.165) is 18.7 Å². The van der Waals surface area contributed by atoms with Gasteiger partial charge in [-0.05, 0) is 36.1 Å². The molecule has 2 nitrogen and oxygen atoms in total. The lowest BCUT2D eigenvalue weighted by molar-refractivity contribution is -0.119. The van der Waals surface area contributed by atoms with Crippen LogP contribution in [0.3, 0.4) is 0 Å². The van der Waals surface area contributed by atoms with Crippen LogP contribution in [-0.4, -0.2) is 12.3 Å². The zero-order valence-corrected chi connectivity index (χ0v) is 12.6. The van der Waals surface area contributed by atoms with Crippen molar-refractivity contribution in [3.63, 3.8) is 0 Å². The molecule has 0 fully saturated rings. The molecule has 1 aliphatic heterocycles. The van der Waals surface area contributed by atoms with Gasteiger partial charge in [0.15, 0.2) is 0 Å². The summed E-state index contributed by atoms with van der Waals surface area (Å²) in [6, 6.07) is 14.6. The number of benzene rings is 2. The molecule has 0 radical (unpaired) electrons. The van der Waals surface area contributed by atoms with Gasteiger partial charge in [-0.15, -0.1) is 0 Å². The number of hydrogen-bond donors (Lipinski definition) is 1. The Balaban J connectivity index is 1.85. The van der Waals surface area contributed by atoms with E-state index in [0.29, 0.717) is 12.2 Å². The normalized spacial score (nSPS) is 17.3. The molecule has 0 saturated heterocycles. The van der Waals surface area contributed by atoms with Gasteiger partial charge < -0.3 is 5.32 Å². The van der Waals surface area contributed by atoms with E-state index in [9.17, 15) is 4.79 Å². The van der Waals surface area contributed by atoms with Crippen LogP contribution in [0.5, 0.6) is 0 Å². The van der Waals surface area contributed by atoms with Crippen molar-refractivity contribution in [1.29, 1.82) is 0 Å². The third kappa shape index (κ3) is 2.91. The molecule has 0 aliphatic carbocycles. The summed E-state index contributed by atoms with van der Waals surface area (Å²) in [7, 11) is 0. The molecule has 1 atom stereocenters. The van der Waals surface area contributed by atoms with Crippen LogP contribution in [0, 0.1) is 13.8 Å². The molecule has 1 unspecified atom stereocenters. The standard InChI is InChI=1S/C19H21NO/c1-13-7-8-14(2)16(9-13)10-19(21)18-12-20-11-15-5-3-4-6-17(15)18/h3-9,18,20H,10-12H2,1-2H3. The molecule has 0 spiro atoms. The van der Waals surface area contributed by atoms with E-state index in [4.69, 9.17) is 0 Å². The number of fused-ring (bicyclic) bond motifs is 1. The molecule has 2 aromatic rings. The summed E-state index contributed by atoms with van der Waals surface area (Å²) >= 11 is 0. The maximum absolute atomic E-state index is 12.8. The predicted octanol–water partition coefficient (Wildman–Crippen LogP) is 3.30. The van der Waals surface area contributed by atoms with E-state index in [1.54, 1.807) is 0 Å². The highest BCUT2D eigenvalue weighted by molar-refractivity contribution is 5.88. The van der Waals surface area contributed by atoms with E-state index in [2.05, 4.69) is 49.5 Å². The summed E-state index contributed by atoms with van der Waals surface area (Å²) < 4.78 is 0. The number of nitrogens with one attached hydrogen (secondary N) is 1. The summed E-state index contributed by atoms with van der Waals surface area (Å²) in [4.78, 5) is 12.8. The summed E-state index contributed by atoms with van der Waals surface area (Å²) in [5.74, 6) is 0.290. The van der Waals surface area contributed by atoms with E-state index in [1.807, 2.05) is 12.1 Å². The second-order valence-electron chi connectivity index (χ2n) is 5.96. The Morgan fingerprint density at radius 1 is 1.19 bits per heavy atom. The third-order valence-corrected chi connectivity index (χ3v) is 4.35. The first-order valence-electron chi connectivity index (χ1n) is 7.52. The molecule has 0 aromatic heterocycles. The van der Waals surface area contributed by atoms with Crippen LogP contribution in [0.1, 0.15) is 33.7 Å². The van der Waals surface area contributed by atoms with E-state index < -0.39 is 0 Å². The van der Waals surface area contributed by atoms with Crippen molar-refractivity contribution in [2.24, 2.45) is 0 Å². The van der Waals surface area contributed by atoms with E-state index >= 15 is 0 Å². The molecule has 0 amide bonds. The maximum Gasteiger partial charge on any atom is 0.145 e. The summed E-state index contributed by atoms with van der Waals surface area (Å²) in [6.45, 7) is 5.77. The Labute approximate surface area is 126 Å². The van der Waals surface area contributed by atoms with Crippen LogP contribution in [-0.2, 0) is 17.8 Å². The minimum Gasteiger partial charge on any atom is -0.312 e. The molecule has 21 heavy (non-hydrogen) atoms. The first kappa shape index (κ1) is 14.0. The maximum atomic E-state index is 12.8. The number of carbonyl (C=O) groups excluding carboxylic acids is 1. The fourth-order valence-electron chi connectivity index (χ4n) is 3.09. The lowest BCUT2D eigenvalue weighted by Crippen LogP contribution is -2.33. The number of aryl methyl sites for hydroxylation is 2. The molecule has 0 saturated carbocycles. The highest BCUT2D eigenvalue weighted by atomic mass is 16.1. The fraction of sp³-hybridized carbons (Fsp3) is 0.316. The predicted molar refractivity (Wildman–Crippen MR) is 85.5 cm³/mol. The van der Waals surface area contributed by atoms with E-state index in [-0.39, 0.29) is 5.92 Å². The molecule has 2 aromatic carbocycles. The van der Waals surface area contributed by atoms with Crippen molar-refractivity contribution < 1.29 is 4.79 Å². The Morgan fingerprint density at radius 2 is 2.00 bits per heavy atom. The Kier molecular flexibility index (Phi) is 3.89.